The number of rotatable bonds is 7. The van der Waals surface area contributed by atoms with Gasteiger partial charge in [-0.05, 0) is 37.8 Å². The Kier molecular flexibility index (Phi) is 6.85. The summed E-state index contributed by atoms with van der Waals surface area (Å²) in [6.45, 7) is 7.00. The zero-order valence-electron chi connectivity index (χ0n) is 15.3. The van der Waals surface area contributed by atoms with Crippen LogP contribution in [0.1, 0.15) is 29.8 Å². The molecular formula is C19H29N5. The van der Waals surface area contributed by atoms with Gasteiger partial charge < -0.3 is 14.8 Å². The summed E-state index contributed by atoms with van der Waals surface area (Å²) in [7, 11) is 3.92. The lowest BCUT2D eigenvalue weighted by atomic mass is 10.1. The average Bonchev–Trinajstić information content (AvgIpc) is 2.98. The Bertz CT molecular complexity index is 659. The van der Waals surface area contributed by atoms with Gasteiger partial charge in [-0.25, -0.2) is 4.98 Å². The SMILES string of the molecule is CN=C(NCCCCn1ccnc1C)N(C)Cc1ccccc1C. The topological polar surface area (TPSA) is 45.5 Å². The first-order valence-corrected chi connectivity index (χ1v) is 8.56. The number of benzene rings is 1. The van der Waals surface area contributed by atoms with E-state index in [1.165, 1.54) is 11.1 Å². The van der Waals surface area contributed by atoms with Crippen molar-refractivity contribution >= 4 is 5.96 Å². The van der Waals surface area contributed by atoms with Crippen molar-refractivity contribution in [3.05, 3.63) is 53.6 Å². The van der Waals surface area contributed by atoms with Crippen molar-refractivity contribution in [2.45, 2.75) is 39.8 Å². The summed E-state index contributed by atoms with van der Waals surface area (Å²) in [6, 6.07) is 8.49. The second-order valence-corrected chi connectivity index (χ2v) is 6.13. The van der Waals surface area contributed by atoms with Gasteiger partial charge in [-0.15, -0.1) is 0 Å². The molecule has 0 spiro atoms. The van der Waals surface area contributed by atoms with E-state index in [0.29, 0.717) is 0 Å². The van der Waals surface area contributed by atoms with Gasteiger partial charge in [0.2, 0.25) is 0 Å². The van der Waals surface area contributed by atoms with Crippen LogP contribution in [0.5, 0.6) is 0 Å². The lowest BCUT2D eigenvalue weighted by Gasteiger charge is -2.23. The van der Waals surface area contributed by atoms with Gasteiger partial charge in [0.15, 0.2) is 5.96 Å². The summed E-state index contributed by atoms with van der Waals surface area (Å²) >= 11 is 0. The smallest absolute Gasteiger partial charge is 0.193 e. The third-order valence-electron chi connectivity index (χ3n) is 4.27. The van der Waals surface area contributed by atoms with Crippen LogP contribution in [-0.2, 0) is 13.1 Å². The highest BCUT2D eigenvalue weighted by Gasteiger charge is 2.07. The fraction of sp³-hybridized carbons (Fsp3) is 0.474. The second-order valence-electron chi connectivity index (χ2n) is 6.13. The van der Waals surface area contributed by atoms with Crippen LogP contribution < -0.4 is 5.32 Å². The van der Waals surface area contributed by atoms with E-state index in [1.807, 2.05) is 26.4 Å². The molecule has 130 valence electrons. The van der Waals surface area contributed by atoms with Gasteiger partial charge in [0, 0.05) is 46.1 Å². The molecule has 0 atom stereocenters. The molecule has 1 heterocycles. The van der Waals surface area contributed by atoms with E-state index in [2.05, 4.69) is 63.0 Å². The summed E-state index contributed by atoms with van der Waals surface area (Å²) < 4.78 is 2.19. The van der Waals surface area contributed by atoms with Crippen LogP contribution in [0.3, 0.4) is 0 Å². The number of aromatic nitrogens is 2. The van der Waals surface area contributed by atoms with Crippen LogP contribution in [0.4, 0.5) is 0 Å². The zero-order valence-corrected chi connectivity index (χ0v) is 15.3. The van der Waals surface area contributed by atoms with Crippen LogP contribution in [-0.4, -0.2) is 41.1 Å². The third kappa shape index (κ3) is 5.11. The number of guanidine groups is 1. The number of unbranched alkanes of at least 4 members (excludes halogenated alkanes) is 1. The molecule has 1 aromatic heterocycles. The van der Waals surface area contributed by atoms with E-state index in [9.17, 15) is 0 Å². The molecule has 1 N–H and O–H groups in total. The van der Waals surface area contributed by atoms with Crippen LogP contribution in [0.15, 0.2) is 41.7 Å². The Labute approximate surface area is 145 Å². The zero-order chi connectivity index (χ0) is 17.4. The first-order valence-electron chi connectivity index (χ1n) is 8.56. The van der Waals surface area contributed by atoms with Crippen LogP contribution in [0, 0.1) is 13.8 Å². The number of imidazole rings is 1. The molecule has 5 nitrogen and oxygen atoms in total. The fourth-order valence-corrected chi connectivity index (χ4v) is 2.75. The number of nitrogens with one attached hydrogen (secondary N) is 1. The quantitative estimate of drug-likeness (QED) is 0.483. The maximum atomic E-state index is 4.39. The number of aliphatic imine (C=N–C) groups is 1. The molecule has 2 rings (SSSR count). The summed E-state index contributed by atoms with van der Waals surface area (Å²) in [5, 5.41) is 3.45. The molecule has 0 bridgehead atoms. The molecule has 0 amide bonds. The average molecular weight is 327 g/mol. The van der Waals surface area contributed by atoms with Gasteiger partial charge in [-0.3, -0.25) is 4.99 Å². The minimum atomic E-state index is 0.862. The van der Waals surface area contributed by atoms with Gasteiger partial charge in [-0.1, -0.05) is 24.3 Å². The van der Waals surface area contributed by atoms with Gasteiger partial charge in [0.05, 0.1) is 0 Å². The first kappa shape index (κ1) is 18.0. The van der Waals surface area contributed by atoms with Crippen molar-refractivity contribution in [3.8, 4) is 0 Å². The van der Waals surface area contributed by atoms with Gasteiger partial charge in [0.1, 0.15) is 5.82 Å². The molecule has 0 aliphatic heterocycles. The normalized spacial score (nSPS) is 11.6. The Morgan fingerprint density at radius 3 is 2.71 bits per heavy atom. The highest BCUT2D eigenvalue weighted by atomic mass is 15.3. The summed E-state index contributed by atoms with van der Waals surface area (Å²) in [5.74, 6) is 2.02. The molecule has 0 fully saturated rings. The molecule has 5 heteroatoms. The first-order chi connectivity index (χ1) is 11.6. The van der Waals surface area contributed by atoms with Crippen molar-refractivity contribution in [1.82, 2.24) is 19.8 Å². The van der Waals surface area contributed by atoms with E-state index in [1.54, 1.807) is 0 Å². The highest BCUT2D eigenvalue weighted by molar-refractivity contribution is 5.79. The van der Waals surface area contributed by atoms with Crippen molar-refractivity contribution in [2.24, 2.45) is 4.99 Å². The molecule has 1 aromatic carbocycles. The maximum absolute atomic E-state index is 4.39. The molecule has 0 aliphatic rings. The van der Waals surface area contributed by atoms with Crippen molar-refractivity contribution in [1.29, 1.82) is 0 Å². The second kappa shape index (κ2) is 9.11. The lowest BCUT2D eigenvalue weighted by molar-refractivity contribution is 0.472. The number of aryl methyl sites for hydroxylation is 3. The summed E-state index contributed by atoms with van der Waals surface area (Å²) in [5.41, 5.74) is 2.65. The third-order valence-corrected chi connectivity index (χ3v) is 4.27. The Hall–Kier alpha value is -2.30. The number of hydrogen-bond acceptors (Lipinski definition) is 2. The molecule has 24 heavy (non-hydrogen) atoms. The van der Waals surface area contributed by atoms with Crippen LogP contribution >= 0.6 is 0 Å². The number of nitrogens with zero attached hydrogens (tertiary/aromatic N) is 4. The van der Waals surface area contributed by atoms with Gasteiger partial charge >= 0.3 is 0 Å². The van der Waals surface area contributed by atoms with Crippen molar-refractivity contribution < 1.29 is 0 Å². The Morgan fingerprint density at radius 2 is 2.04 bits per heavy atom. The number of hydrogen-bond donors (Lipinski definition) is 1. The summed E-state index contributed by atoms with van der Waals surface area (Å²) in [6.07, 6.45) is 6.13. The Morgan fingerprint density at radius 1 is 1.25 bits per heavy atom. The Balaban J connectivity index is 1.73. The standard InChI is InChI=1S/C19H29N5/c1-16-9-5-6-10-18(16)15-23(4)19(20-3)22-11-7-8-13-24-14-12-21-17(24)2/h5-6,9-10,12,14H,7-8,11,13,15H2,1-4H3,(H,20,22). The van der Waals surface area contributed by atoms with E-state index in [-0.39, 0.29) is 0 Å². The lowest BCUT2D eigenvalue weighted by Crippen LogP contribution is -2.39. The predicted molar refractivity (Wildman–Crippen MR) is 100 cm³/mol. The highest BCUT2D eigenvalue weighted by Crippen LogP contribution is 2.09. The van der Waals surface area contributed by atoms with E-state index < -0.39 is 0 Å². The van der Waals surface area contributed by atoms with E-state index >= 15 is 0 Å². The van der Waals surface area contributed by atoms with Crippen molar-refractivity contribution in [2.75, 3.05) is 20.6 Å². The van der Waals surface area contributed by atoms with E-state index in [0.717, 1.165) is 44.3 Å². The molecule has 0 radical (unpaired) electrons. The molecule has 0 saturated carbocycles. The molecule has 2 aromatic rings. The predicted octanol–water partition coefficient (Wildman–Crippen LogP) is 2.99. The van der Waals surface area contributed by atoms with Crippen LogP contribution in [0.2, 0.25) is 0 Å². The maximum Gasteiger partial charge on any atom is 0.193 e. The van der Waals surface area contributed by atoms with E-state index in [4.69, 9.17) is 0 Å². The minimum absolute atomic E-state index is 0.862. The molecule has 0 unspecified atom stereocenters. The van der Waals surface area contributed by atoms with Gasteiger partial charge in [-0.2, -0.15) is 0 Å². The van der Waals surface area contributed by atoms with Gasteiger partial charge in [0.25, 0.3) is 0 Å². The molecule has 0 saturated heterocycles. The fourth-order valence-electron chi connectivity index (χ4n) is 2.75. The van der Waals surface area contributed by atoms with Crippen molar-refractivity contribution in [3.63, 3.8) is 0 Å². The molecule has 0 aliphatic carbocycles. The monoisotopic (exact) mass is 327 g/mol. The van der Waals surface area contributed by atoms with Crippen LogP contribution in [0.25, 0.3) is 0 Å². The minimum Gasteiger partial charge on any atom is -0.356 e. The largest absolute Gasteiger partial charge is 0.356 e. The summed E-state index contributed by atoms with van der Waals surface area (Å²) in [4.78, 5) is 10.8. The molecular weight excluding hydrogens is 298 g/mol.